The number of allylic oxidation sites excluding steroid dienone is 2. The van der Waals surface area contributed by atoms with Crippen LogP contribution in [0.2, 0.25) is 0 Å². The van der Waals surface area contributed by atoms with Crippen molar-refractivity contribution in [1.82, 2.24) is 5.32 Å². The highest BCUT2D eigenvalue weighted by molar-refractivity contribution is 5.97. The Bertz CT molecular complexity index is 564. The van der Waals surface area contributed by atoms with Gasteiger partial charge in [-0.2, -0.15) is 5.26 Å². The quantitative estimate of drug-likeness (QED) is 0.512. The number of nitriles is 1. The number of carbonyl (C=O) groups excluding carboxylic acids is 1. The molecule has 0 unspecified atom stereocenters. The molecule has 0 aromatic heterocycles. The maximum atomic E-state index is 11.9. The van der Waals surface area contributed by atoms with Gasteiger partial charge in [-0.25, -0.2) is 0 Å². The van der Waals surface area contributed by atoms with Gasteiger partial charge >= 0.3 is 0 Å². The number of rotatable bonds is 5. The van der Waals surface area contributed by atoms with Gasteiger partial charge in [-0.15, -0.1) is 0 Å². The Morgan fingerprint density at radius 2 is 2.24 bits per heavy atom. The lowest BCUT2D eigenvalue weighted by Gasteiger charge is -2.09. The molecule has 1 aliphatic heterocycles. The summed E-state index contributed by atoms with van der Waals surface area (Å²) in [5.41, 5.74) is 1.12. The van der Waals surface area contributed by atoms with E-state index in [1.807, 2.05) is 42.5 Å². The fourth-order valence-electron chi connectivity index (χ4n) is 2.09. The van der Waals surface area contributed by atoms with Crippen LogP contribution in [-0.2, 0) is 9.53 Å². The average molecular weight is 282 g/mol. The first-order chi connectivity index (χ1) is 10.3. The fraction of sp³-hybridized carbons (Fsp3) is 0.294. The van der Waals surface area contributed by atoms with Crippen LogP contribution < -0.4 is 5.32 Å². The second-order valence-electron chi connectivity index (χ2n) is 4.81. The van der Waals surface area contributed by atoms with Crippen LogP contribution in [0, 0.1) is 11.3 Å². The maximum absolute atomic E-state index is 11.9. The van der Waals surface area contributed by atoms with E-state index in [9.17, 15) is 4.79 Å². The second-order valence-corrected chi connectivity index (χ2v) is 4.81. The number of carbonyl (C=O) groups is 1. The smallest absolute Gasteiger partial charge is 0.262 e. The summed E-state index contributed by atoms with van der Waals surface area (Å²) in [4.78, 5) is 11.9. The van der Waals surface area contributed by atoms with Gasteiger partial charge in [0.05, 0.1) is 6.10 Å². The van der Waals surface area contributed by atoms with Crippen LogP contribution in [0.5, 0.6) is 0 Å². The van der Waals surface area contributed by atoms with Crippen LogP contribution in [0.15, 0.2) is 48.1 Å². The van der Waals surface area contributed by atoms with Gasteiger partial charge in [0.15, 0.2) is 0 Å². The third-order valence-corrected chi connectivity index (χ3v) is 3.23. The van der Waals surface area contributed by atoms with Crippen molar-refractivity contribution in [2.75, 3.05) is 13.2 Å². The lowest BCUT2D eigenvalue weighted by atomic mass is 10.2. The molecule has 2 rings (SSSR count). The third kappa shape index (κ3) is 4.90. The summed E-state index contributed by atoms with van der Waals surface area (Å²) >= 11 is 0. The predicted molar refractivity (Wildman–Crippen MR) is 81.2 cm³/mol. The van der Waals surface area contributed by atoms with Gasteiger partial charge < -0.3 is 10.1 Å². The molecule has 0 bridgehead atoms. The summed E-state index contributed by atoms with van der Waals surface area (Å²) in [7, 11) is 0. The fourth-order valence-corrected chi connectivity index (χ4v) is 2.09. The highest BCUT2D eigenvalue weighted by Crippen LogP contribution is 2.10. The summed E-state index contributed by atoms with van der Waals surface area (Å²) in [5.74, 6) is -0.356. The van der Waals surface area contributed by atoms with Crippen LogP contribution >= 0.6 is 0 Å². The van der Waals surface area contributed by atoms with Crippen LogP contribution in [0.4, 0.5) is 0 Å². The Hall–Kier alpha value is -2.38. The molecule has 1 aliphatic rings. The molecule has 1 saturated heterocycles. The van der Waals surface area contributed by atoms with Gasteiger partial charge in [0.2, 0.25) is 0 Å². The van der Waals surface area contributed by atoms with Crippen molar-refractivity contribution >= 4 is 12.0 Å². The van der Waals surface area contributed by atoms with E-state index in [0.717, 1.165) is 25.0 Å². The van der Waals surface area contributed by atoms with E-state index in [2.05, 4.69) is 5.32 Å². The van der Waals surface area contributed by atoms with Crippen LogP contribution in [0.25, 0.3) is 6.08 Å². The Kier molecular flexibility index (Phi) is 5.74. The van der Waals surface area contributed by atoms with Crippen molar-refractivity contribution in [1.29, 1.82) is 5.26 Å². The van der Waals surface area contributed by atoms with Gasteiger partial charge in [0.1, 0.15) is 11.6 Å². The Morgan fingerprint density at radius 1 is 1.43 bits per heavy atom. The molecule has 0 saturated carbocycles. The third-order valence-electron chi connectivity index (χ3n) is 3.23. The Balaban J connectivity index is 1.88. The first kappa shape index (κ1) is 15.0. The zero-order valence-electron chi connectivity index (χ0n) is 11.8. The molecule has 0 aliphatic carbocycles. The standard InChI is InChI=1S/C17H18N2O2/c18-12-15(9-4-8-14-6-2-1-3-7-14)17(20)19-13-16-10-5-11-21-16/h1-4,6-9,16H,5,10-11,13H2,(H,19,20)/b8-4-,15-9-/t16-/m1/s1. The number of ether oxygens (including phenoxy) is 1. The van der Waals surface area contributed by atoms with Gasteiger partial charge in [0, 0.05) is 13.2 Å². The van der Waals surface area contributed by atoms with Crippen LogP contribution in [0.1, 0.15) is 18.4 Å². The predicted octanol–water partition coefficient (Wildman–Crippen LogP) is 2.44. The molecule has 1 amide bonds. The lowest BCUT2D eigenvalue weighted by Crippen LogP contribution is -2.32. The number of hydrogen-bond donors (Lipinski definition) is 1. The molecule has 4 nitrogen and oxygen atoms in total. The zero-order chi connectivity index (χ0) is 14.9. The largest absolute Gasteiger partial charge is 0.376 e. The van der Waals surface area contributed by atoms with E-state index in [1.165, 1.54) is 6.08 Å². The number of nitrogens with zero attached hydrogens (tertiary/aromatic N) is 1. The molecule has 108 valence electrons. The van der Waals surface area contributed by atoms with Crippen LogP contribution in [0.3, 0.4) is 0 Å². The SMILES string of the molecule is N#C/C(=C/C=C\c1ccccc1)C(=O)NC[C@H]1CCCO1. The number of benzene rings is 1. The van der Waals surface area contributed by atoms with Crippen molar-refractivity contribution in [2.24, 2.45) is 0 Å². The monoisotopic (exact) mass is 282 g/mol. The molecule has 0 radical (unpaired) electrons. The summed E-state index contributed by atoms with van der Waals surface area (Å²) < 4.78 is 5.42. The van der Waals surface area contributed by atoms with Crippen molar-refractivity contribution in [3.05, 3.63) is 53.6 Å². The molecule has 21 heavy (non-hydrogen) atoms. The van der Waals surface area contributed by atoms with E-state index in [4.69, 9.17) is 10.00 Å². The summed E-state index contributed by atoms with van der Waals surface area (Å²) in [6.45, 7) is 1.21. The molecular weight excluding hydrogens is 264 g/mol. The normalized spacial score (nSPS) is 18.6. The average Bonchev–Trinajstić information content (AvgIpc) is 3.04. The molecule has 1 fully saturated rings. The second kappa shape index (κ2) is 8.03. The van der Waals surface area contributed by atoms with Crippen molar-refractivity contribution in [3.63, 3.8) is 0 Å². The molecule has 0 spiro atoms. The summed E-state index contributed by atoms with van der Waals surface area (Å²) in [6.07, 6.45) is 7.15. The molecule has 1 heterocycles. The minimum absolute atomic E-state index is 0.0775. The van der Waals surface area contributed by atoms with E-state index < -0.39 is 0 Å². The summed E-state index contributed by atoms with van der Waals surface area (Å²) in [5, 5.41) is 11.8. The molecule has 4 heteroatoms. The van der Waals surface area contributed by atoms with E-state index in [1.54, 1.807) is 6.08 Å². The molecule has 1 aromatic rings. The number of amides is 1. The van der Waals surface area contributed by atoms with E-state index in [0.29, 0.717) is 6.54 Å². The molecule has 1 N–H and O–H groups in total. The maximum Gasteiger partial charge on any atom is 0.262 e. The highest BCUT2D eigenvalue weighted by Gasteiger charge is 2.17. The number of nitrogens with one attached hydrogen (secondary N) is 1. The van der Waals surface area contributed by atoms with Gasteiger partial charge in [-0.05, 0) is 24.5 Å². The van der Waals surface area contributed by atoms with Crippen LogP contribution in [-0.4, -0.2) is 25.2 Å². The topological polar surface area (TPSA) is 62.1 Å². The van der Waals surface area contributed by atoms with Gasteiger partial charge in [-0.1, -0.05) is 42.5 Å². The van der Waals surface area contributed by atoms with Crippen molar-refractivity contribution in [3.8, 4) is 6.07 Å². The first-order valence-electron chi connectivity index (χ1n) is 7.03. The van der Waals surface area contributed by atoms with Crippen molar-refractivity contribution < 1.29 is 9.53 Å². The van der Waals surface area contributed by atoms with E-state index >= 15 is 0 Å². The Labute approximate surface area is 124 Å². The van der Waals surface area contributed by atoms with E-state index in [-0.39, 0.29) is 17.6 Å². The number of hydrogen-bond acceptors (Lipinski definition) is 3. The van der Waals surface area contributed by atoms with Gasteiger partial charge in [-0.3, -0.25) is 4.79 Å². The first-order valence-corrected chi connectivity index (χ1v) is 7.03. The lowest BCUT2D eigenvalue weighted by molar-refractivity contribution is -0.117. The molecular formula is C17H18N2O2. The Morgan fingerprint density at radius 3 is 2.90 bits per heavy atom. The molecule has 1 atom stereocenters. The molecule has 1 aromatic carbocycles. The van der Waals surface area contributed by atoms with Crippen molar-refractivity contribution in [2.45, 2.75) is 18.9 Å². The zero-order valence-corrected chi connectivity index (χ0v) is 11.8. The van der Waals surface area contributed by atoms with Gasteiger partial charge in [0.25, 0.3) is 5.91 Å². The minimum Gasteiger partial charge on any atom is -0.376 e. The summed E-state index contributed by atoms with van der Waals surface area (Å²) in [6, 6.07) is 11.6. The minimum atomic E-state index is -0.356. The highest BCUT2D eigenvalue weighted by atomic mass is 16.5.